The summed E-state index contributed by atoms with van der Waals surface area (Å²) in [5.41, 5.74) is -1.000. The fourth-order valence-electron chi connectivity index (χ4n) is 1.40. The third-order valence-electron chi connectivity index (χ3n) is 2.37. The maximum absolute atomic E-state index is 12.5. The van der Waals surface area contributed by atoms with E-state index in [0.717, 1.165) is 18.2 Å². The predicted molar refractivity (Wildman–Crippen MR) is 66.6 cm³/mol. The molecule has 0 aliphatic heterocycles. The lowest BCUT2D eigenvalue weighted by Gasteiger charge is -2.14. The molecule has 1 rings (SSSR count). The van der Waals surface area contributed by atoms with Crippen molar-refractivity contribution in [2.45, 2.75) is 30.5 Å². The molecule has 1 N–H and O–H groups in total. The van der Waals surface area contributed by atoms with Crippen molar-refractivity contribution in [2.75, 3.05) is 5.88 Å². The minimum atomic E-state index is -4.58. The first-order valence-corrected chi connectivity index (χ1v) is 7.44. The van der Waals surface area contributed by atoms with Gasteiger partial charge < -0.3 is 0 Å². The fraction of sp³-hybridized carbons (Fsp3) is 0.455. The monoisotopic (exact) mass is 315 g/mol. The highest BCUT2D eigenvalue weighted by Crippen LogP contribution is 2.30. The van der Waals surface area contributed by atoms with Crippen molar-refractivity contribution in [3.05, 3.63) is 29.8 Å². The highest BCUT2D eigenvalue weighted by molar-refractivity contribution is 7.89. The average molecular weight is 316 g/mol. The van der Waals surface area contributed by atoms with E-state index in [0.29, 0.717) is 12.5 Å². The molecule has 1 unspecified atom stereocenters. The zero-order valence-electron chi connectivity index (χ0n) is 10.0. The number of alkyl halides is 4. The Kier molecular flexibility index (Phi) is 5.23. The Morgan fingerprint density at radius 3 is 2.53 bits per heavy atom. The molecular weight excluding hydrogens is 303 g/mol. The molecule has 0 aliphatic carbocycles. The van der Waals surface area contributed by atoms with Gasteiger partial charge in [0.05, 0.1) is 10.5 Å². The van der Waals surface area contributed by atoms with Crippen LogP contribution in [-0.2, 0) is 16.2 Å². The predicted octanol–water partition coefficient (Wildman–Crippen LogP) is 3.00. The summed E-state index contributed by atoms with van der Waals surface area (Å²) in [4.78, 5) is -0.413. The lowest BCUT2D eigenvalue weighted by atomic mass is 10.2. The first kappa shape index (κ1) is 16.3. The van der Waals surface area contributed by atoms with E-state index in [1.54, 1.807) is 6.92 Å². The molecule has 1 aromatic rings. The molecular formula is C11H13ClF3NO2S. The Bertz CT molecular complexity index is 531. The smallest absolute Gasteiger partial charge is 0.208 e. The summed E-state index contributed by atoms with van der Waals surface area (Å²) < 4.78 is 63.5. The Hall–Kier alpha value is -0.790. The van der Waals surface area contributed by atoms with E-state index in [4.69, 9.17) is 11.6 Å². The highest BCUT2D eigenvalue weighted by Gasteiger charge is 2.31. The van der Waals surface area contributed by atoms with E-state index in [9.17, 15) is 21.6 Å². The molecule has 19 heavy (non-hydrogen) atoms. The van der Waals surface area contributed by atoms with Crippen molar-refractivity contribution in [3.8, 4) is 0 Å². The summed E-state index contributed by atoms with van der Waals surface area (Å²) in [6.45, 7) is 1.59. The first-order chi connectivity index (χ1) is 8.66. The fourth-order valence-corrected chi connectivity index (χ4v) is 3.05. The maximum atomic E-state index is 12.5. The Morgan fingerprint density at radius 1 is 1.37 bits per heavy atom. The van der Waals surface area contributed by atoms with Crippen LogP contribution in [0.4, 0.5) is 13.2 Å². The van der Waals surface area contributed by atoms with Crippen LogP contribution in [0.2, 0.25) is 0 Å². The lowest BCUT2D eigenvalue weighted by Crippen LogP contribution is -2.33. The van der Waals surface area contributed by atoms with E-state index >= 15 is 0 Å². The van der Waals surface area contributed by atoms with Crippen molar-refractivity contribution in [1.82, 2.24) is 4.72 Å². The molecule has 0 aromatic heterocycles. The molecule has 0 heterocycles. The largest absolute Gasteiger partial charge is 0.416 e. The molecule has 0 amide bonds. The molecule has 0 aliphatic rings. The molecule has 3 nitrogen and oxygen atoms in total. The molecule has 0 radical (unpaired) electrons. The SMILES string of the molecule is CC(CCCl)NS(=O)(=O)c1cccc(C(F)(F)F)c1. The molecule has 108 valence electrons. The van der Waals surface area contributed by atoms with Gasteiger partial charge in [-0.2, -0.15) is 13.2 Å². The van der Waals surface area contributed by atoms with Gasteiger partial charge in [-0.25, -0.2) is 13.1 Å². The van der Waals surface area contributed by atoms with Crippen molar-refractivity contribution in [3.63, 3.8) is 0 Å². The van der Waals surface area contributed by atoms with Crippen LogP contribution in [0.1, 0.15) is 18.9 Å². The summed E-state index contributed by atoms with van der Waals surface area (Å²) >= 11 is 5.47. The Morgan fingerprint density at radius 2 is 2.00 bits per heavy atom. The van der Waals surface area contributed by atoms with Crippen molar-refractivity contribution >= 4 is 21.6 Å². The van der Waals surface area contributed by atoms with E-state index in [-0.39, 0.29) is 5.88 Å². The maximum Gasteiger partial charge on any atom is 0.416 e. The number of hydrogen-bond donors (Lipinski definition) is 1. The number of benzene rings is 1. The third kappa shape index (κ3) is 4.67. The summed E-state index contributed by atoms with van der Waals surface area (Å²) in [5, 5.41) is 0. The quantitative estimate of drug-likeness (QED) is 0.849. The zero-order chi connectivity index (χ0) is 14.7. The van der Waals surface area contributed by atoms with E-state index in [1.165, 1.54) is 0 Å². The second-order valence-electron chi connectivity index (χ2n) is 4.03. The number of rotatable bonds is 5. The van der Waals surface area contributed by atoms with Gasteiger partial charge in [-0.15, -0.1) is 11.6 Å². The van der Waals surface area contributed by atoms with Gasteiger partial charge in [0.1, 0.15) is 0 Å². The molecule has 1 aromatic carbocycles. The van der Waals surface area contributed by atoms with E-state index in [2.05, 4.69) is 4.72 Å². The summed E-state index contributed by atoms with van der Waals surface area (Å²) in [7, 11) is -3.97. The van der Waals surface area contributed by atoms with Crippen molar-refractivity contribution in [1.29, 1.82) is 0 Å². The van der Waals surface area contributed by atoms with Crippen LogP contribution < -0.4 is 4.72 Å². The van der Waals surface area contributed by atoms with Gasteiger partial charge in [0.25, 0.3) is 0 Å². The minimum Gasteiger partial charge on any atom is -0.208 e. The van der Waals surface area contributed by atoms with Gasteiger partial charge in [-0.05, 0) is 31.5 Å². The molecule has 0 fully saturated rings. The standard InChI is InChI=1S/C11H13ClF3NO2S/c1-8(5-6-12)16-19(17,18)10-4-2-3-9(7-10)11(13,14)15/h2-4,7-8,16H,5-6H2,1H3. The average Bonchev–Trinajstić information content (AvgIpc) is 2.27. The van der Waals surface area contributed by atoms with Crippen LogP contribution in [0, 0.1) is 0 Å². The van der Waals surface area contributed by atoms with Crippen LogP contribution in [-0.4, -0.2) is 20.3 Å². The Balaban J connectivity index is 3.02. The van der Waals surface area contributed by atoms with Crippen LogP contribution in [0.25, 0.3) is 0 Å². The van der Waals surface area contributed by atoms with Gasteiger partial charge in [0.2, 0.25) is 10.0 Å². The second-order valence-corrected chi connectivity index (χ2v) is 6.12. The number of sulfonamides is 1. The van der Waals surface area contributed by atoms with Crippen molar-refractivity contribution in [2.24, 2.45) is 0 Å². The first-order valence-electron chi connectivity index (χ1n) is 5.42. The summed E-state index contributed by atoms with van der Waals surface area (Å²) in [6.07, 6.45) is -4.19. The third-order valence-corrected chi connectivity index (χ3v) is 4.18. The number of nitrogens with one attached hydrogen (secondary N) is 1. The van der Waals surface area contributed by atoms with Crippen LogP contribution >= 0.6 is 11.6 Å². The normalized spacial score (nSPS) is 14.4. The van der Waals surface area contributed by atoms with E-state index in [1.807, 2.05) is 0 Å². The van der Waals surface area contributed by atoms with Crippen LogP contribution in [0.3, 0.4) is 0 Å². The van der Waals surface area contributed by atoms with Gasteiger partial charge in [0, 0.05) is 11.9 Å². The summed E-state index contributed by atoms with van der Waals surface area (Å²) in [6, 6.07) is 3.16. The van der Waals surface area contributed by atoms with Gasteiger partial charge in [-0.1, -0.05) is 6.07 Å². The number of halogens is 4. The molecule has 0 saturated carbocycles. The minimum absolute atomic E-state index is 0.256. The van der Waals surface area contributed by atoms with Gasteiger partial charge >= 0.3 is 6.18 Å². The topological polar surface area (TPSA) is 46.2 Å². The van der Waals surface area contributed by atoms with Crippen LogP contribution in [0.5, 0.6) is 0 Å². The molecule has 1 atom stereocenters. The molecule has 0 bridgehead atoms. The molecule has 0 saturated heterocycles. The van der Waals surface area contributed by atoms with Crippen LogP contribution in [0.15, 0.2) is 29.2 Å². The van der Waals surface area contributed by atoms with Crippen molar-refractivity contribution < 1.29 is 21.6 Å². The second kappa shape index (κ2) is 6.11. The van der Waals surface area contributed by atoms with Gasteiger partial charge in [-0.3, -0.25) is 0 Å². The molecule has 8 heteroatoms. The highest BCUT2D eigenvalue weighted by atomic mass is 35.5. The zero-order valence-corrected chi connectivity index (χ0v) is 11.6. The summed E-state index contributed by atoms with van der Waals surface area (Å²) in [5.74, 6) is 0.256. The van der Waals surface area contributed by atoms with Gasteiger partial charge in [0.15, 0.2) is 0 Å². The Labute approximate surface area is 114 Å². The van der Waals surface area contributed by atoms with E-state index < -0.39 is 32.7 Å². The lowest BCUT2D eigenvalue weighted by molar-refractivity contribution is -0.137. The number of hydrogen-bond acceptors (Lipinski definition) is 2. The molecule has 0 spiro atoms.